The fraction of sp³-hybridized carbons (Fsp3) is 0.222. The van der Waals surface area contributed by atoms with Crippen LogP contribution < -0.4 is 0 Å². The van der Waals surface area contributed by atoms with Crippen molar-refractivity contribution in [2.45, 2.75) is 26.2 Å². The smallest absolute Gasteiger partial charge is 0.181 e. The molecule has 2 nitrogen and oxygen atoms in total. The van der Waals surface area contributed by atoms with Crippen molar-refractivity contribution in [1.82, 2.24) is 0 Å². The van der Waals surface area contributed by atoms with Gasteiger partial charge in [0.2, 0.25) is 0 Å². The molecule has 2 aromatic rings. The maximum absolute atomic E-state index is 7.26. The van der Waals surface area contributed by atoms with Crippen molar-refractivity contribution < 1.29 is 0 Å². The van der Waals surface area contributed by atoms with Crippen LogP contribution in [0.4, 0.5) is 0 Å². The molecule has 0 spiro atoms. The van der Waals surface area contributed by atoms with Crippen molar-refractivity contribution in [2.75, 3.05) is 0 Å². The van der Waals surface area contributed by atoms with Gasteiger partial charge in [-0.05, 0) is 29.5 Å². The topological polar surface area (TPSA) is 47.6 Å². The van der Waals surface area contributed by atoms with Crippen molar-refractivity contribution in [3.8, 4) is 23.3 Å². The molecule has 2 aromatic carbocycles. The van der Waals surface area contributed by atoms with Gasteiger partial charge in [0.1, 0.15) is 0 Å². The number of benzene rings is 2. The van der Waals surface area contributed by atoms with Gasteiger partial charge in [0.05, 0.1) is 0 Å². The van der Waals surface area contributed by atoms with Crippen LogP contribution in [0.3, 0.4) is 0 Å². The van der Waals surface area contributed by atoms with Crippen LogP contribution in [0.1, 0.15) is 25.3 Å². The molecule has 0 aromatic heterocycles. The molecule has 0 fully saturated rings. The fourth-order valence-corrected chi connectivity index (χ4v) is 2.00. The molecule has 0 aliphatic rings. The van der Waals surface area contributed by atoms with Gasteiger partial charge in [-0.3, -0.25) is 0 Å². The lowest BCUT2D eigenvalue weighted by Crippen LogP contribution is -1.89. The van der Waals surface area contributed by atoms with E-state index in [1.807, 2.05) is 0 Å². The van der Waals surface area contributed by atoms with Crippen LogP contribution in [0.2, 0.25) is 0 Å². The van der Waals surface area contributed by atoms with Gasteiger partial charge in [-0.15, -0.1) is 0 Å². The van der Waals surface area contributed by atoms with Crippen molar-refractivity contribution in [3.63, 3.8) is 0 Å². The average Bonchev–Trinajstić information content (AvgIpc) is 2.54. The fourth-order valence-electron chi connectivity index (χ4n) is 2.00. The van der Waals surface area contributed by atoms with E-state index >= 15 is 0 Å². The molecule has 100 valence electrons. The van der Waals surface area contributed by atoms with Crippen molar-refractivity contribution in [2.24, 2.45) is 0 Å². The maximum atomic E-state index is 7.26. The maximum Gasteiger partial charge on any atom is 0.181 e. The van der Waals surface area contributed by atoms with Crippen molar-refractivity contribution >= 4 is 0 Å². The number of nitrogens with zero attached hydrogens (tertiary/aromatic N) is 2. The summed E-state index contributed by atoms with van der Waals surface area (Å²) in [4.78, 5) is 0. The largest absolute Gasteiger partial charge is 0.181 e. The van der Waals surface area contributed by atoms with Crippen LogP contribution in [-0.2, 0) is 6.42 Å². The first-order valence-corrected chi connectivity index (χ1v) is 6.75. The Hall–Kier alpha value is -2.58. The van der Waals surface area contributed by atoms with Gasteiger partial charge < -0.3 is 0 Å². The molecule has 0 aliphatic heterocycles. The minimum absolute atomic E-state index is 1.18. The molecule has 0 saturated carbocycles. The summed E-state index contributed by atoms with van der Waals surface area (Å²) in [6.07, 6.45) is 3.70. The van der Waals surface area contributed by atoms with Gasteiger partial charge in [-0.2, -0.15) is 10.5 Å². The summed E-state index contributed by atoms with van der Waals surface area (Å²) in [5, 5.41) is 14.5. The number of aryl methyl sites for hydroxylation is 1. The number of unbranched alkanes of at least 4 members (excludes halogenated alkanes) is 1. The van der Waals surface area contributed by atoms with Crippen molar-refractivity contribution in [1.29, 1.82) is 10.5 Å². The van der Waals surface area contributed by atoms with Gasteiger partial charge in [0, 0.05) is 0 Å². The highest BCUT2D eigenvalue weighted by atomic mass is 14.3. The molecule has 0 aliphatic carbocycles. The van der Waals surface area contributed by atoms with Gasteiger partial charge in [0.15, 0.2) is 12.1 Å². The Labute approximate surface area is 120 Å². The Morgan fingerprint density at radius 3 is 2.05 bits per heavy atom. The second kappa shape index (κ2) is 9.36. The minimum Gasteiger partial charge on any atom is -0.181 e. The summed E-state index contributed by atoms with van der Waals surface area (Å²) in [6.45, 7) is 2.24. The molecule has 0 bridgehead atoms. The van der Waals surface area contributed by atoms with Crippen LogP contribution in [0, 0.1) is 22.7 Å². The van der Waals surface area contributed by atoms with E-state index in [-0.39, 0.29) is 0 Å². The highest BCUT2D eigenvalue weighted by molar-refractivity contribution is 5.67. The Morgan fingerprint density at radius 2 is 1.45 bits per heavy atom. The minimum atomic E-state index is 1.18. The summed E-state index contributed by atoms with van der Waals surface area (Å²) < 4.78 is 0. The van der Waals surface area contributed by atoms with E-state index in [2.05, 4.69) is 61.5 Å². The Morgan fingerprint density at radius 1 is 0.850 bits per heavy atom. The summed E-state index contributed by atoms with van der Waals surface area (Å²) in [7, 11) is 0. The molecule has 0 heterocycles. The zero-order chi connectivity index (χ0) is 14.6. The zero-order valence-electron chi connectivity index (χ0n) is 11.7. The third kappa shape index (κ3) is 4.96. The summed E-state index contributed by atoms with van der Waals surface area (Å²) in [6, 6.07) is 21.8. The second-order valence-corrected chi connectivity index (χ2v) is 4.35. The molecular formula is C18H18N2. The first kappa shape index (κ1) is 15.5. The van der Waals surface area contributed by atoms with Crippen LogP contribution in [0.5, 0.6) is 0 Å². The molecule has 0 radical (unpaired) electrons. The number of nitriles is 2. The quantitative estimate of drug-likeness (QED) is 0.799. The van der Waals surface area contributed by atoms with E-state index in [1.165, 1.54) is 48.1 Å². The first-order valence-electron chi connectivity index (χ1n) is 6.75. The monoisotopic (exact) mass is 262 g/mol. The summed E-state index contributed by atoms with van der Waals surface area (Å²) in [5.41, 5.74) is 4.18. The van der Waals surface area contributed by atoms with Crippen LogP contribution >= 0.6 is 0 Å². The third-order valence-corrected chi connectivity index (χ3v) is 2.95. The van der Waals surface area contributed by atoms with E-state index in [1.54, 1.807) is 0 Å². The molecule has 2 rings (SSSR count). The van der Waals surface area contributed by atoms with Gasteiger partial charge in [0.25, 0.3) is 0 Å². The highest BCUT2D eigenvalue weighted by Crippen LogP contribution is 2.24. The van der Waals surface area contributed by atoms with E-state index in [4.69, 9.17) is 10.5 Å². The molecule has 0 amide bonds. The third-order valence-electron chi connectivity index (χ3n) is 2.95. The lowest BCUT2D eigenvalue weighted by molar-refractivity contribution is 0.796. The average molecular weight is 262 g/mol. The molecule has 20 heavy (non-hydrogen) atoms. The number of hydrogen-bond acceptors (Lipinski definition) is 2. The lowest BCUT2D eigenvalue weighted by Gasteiger charge is -2.08. The molecule has 0 saturated heterocycles. The standard InChI is InChI=1S/C16H18.C2N2/c1-2-3-9-14-12-7-8-13-16(14)15-10-5-4-6-11-15;3-1-2-4/h4-8,10-13H,2-3,9H2,1H3;. The SMILES string of the molecule is CCCCc1ccccc1-c1ccccc1.N#CC#N. The van der Waals surface area contributed by atoms with Crippen LogP contribution in [0.25, 0.3) is 11.1 Å². The molecule has 2 heteroatoms. The number of hydrogen-bond donors (Lipinski definition) is 0. The number of rotatable bonds is 4. The lowest BCUT2D eigenvalue weighted by atomic mass is 9.96. The Bertz CT molecular complexity index is 577. The van der Waals surface area contributed by atoms with Gasteiger partial charge in [-0.1, -0.05) is 67.9 Å². The van der Waals surface area contributed by atoms with Gasteiger partial charge in [-0.25, -0.2) is 0 Å². The summed E-state index contributed by atoms with van der Waals surface area (Å²) in [5.74, 6) is 0. The zero-order valence-corrected chi connectivity index (χ0v) is 11.7. The predicted molar refractivity (Wildman–Crippen MR) is 81.7 cm³/mol. The highest BCUT2D eigenvalue weighted by Gasteiger charge is 2.02. The van der Waals surface area contributed by atoms with E-state index in [9.17, 15) is 0 Å². The predicted octanol–water partition coefficient (Wildman–Crippen LogP) is 4.73. The Balaban J connectivity index is 0.000000444. The van der Waals surface area contributed by atoms with E-state index in [0.717, 1.165) is 0 Å². The normalized spacial score (nSPS) is 8.75. The van der Waals surface area contributed by atoms with Crippen LogP contribution in [-0.4, -0.2) is 0 Å². The second-order valence-electron chi connectivity index (χ2n) is 4.35. The van der Waals surface area contributed by atoms with E-state index in [0.29, 0.717) is 0 Å². The molecular weight excluding hydrogens is 244 g/mol. The Kier molecular flexibility index (Phi) is 7.25. The van der Waals surface area contributed by atoms with Crippen molar-refractivity contribution in [3.05, 3.63) is 60.2 Å². The first-order chi connectivity index (χ1) is 9.83. The van der Waals surface area contributed by atoms with E-state index < -0.39 is 0 Å². The molecule has 0 atom stereocenters. The molecule has 0 N–H and O–H groups in total. The summed E-state index contributed by atoms with van der Waals surface area (Å²) >= 11 is 0. The molecule has 0 unspecified atom stereocenters. The van der Waals surface area contributed by atoms with Crippen LogP contribution in [0.15, 0.2) is 54.6 Å². The van der Waals surface area contributed by atoms with Gasteiger partial charge >= 0.3 is 0 Å².